The summed E-state index contributed by atoms with van der Waals surface area (Å²) in [6.07, 6.45) is 0. The Hall–Kier alpha value is 0.0800. The van der Waals surface area contributed by atoms with Crippen molar-refractivity contribution in [2.75, 3.05) is 0 Å². The lowest BCUT2D eigenvalue weighted by molar-refractivity contribution is 1.43. The van der Waals surface area contributed by atoms with Crippen LogP contribution < -0.4 is 0 Å². The maximum absolute atomic E-state index is 6.25. The second-order valence-corrected chi connectivity index (χ2v) is 5.76. The normalized spacial score (nSPS) is 10.7. The monoisotopic (exact) mass is 382 g/mol. The number of benzene rings is 2. The Labute approximate surface area is 134 Å². The molecular weight excluding hydrogens is 378 g/mol. The van der Waals surface area contributed by atoms with E-state index in [1.807, 2.05) is 24.3 Å². The molecule has 0 saturated heterocycles. The second kappa shape index (κ2) is 6.02. The highest BCUT2D eigenvalue weighted by atomic mass is 79.9. The van der Waals surface area contributed by atoms with E-state index in [0.717, 1.165) is 16.7 Å². The van der Waals surface area contributed by atoms with Gasteiger partial charge in [0.05, 0.1) is 15.1 Å². The maximum Gasteiger partial charge on any atom is 0.0784 e. The molecule has 0 aromatic heterocycles. The summed E-state index contributed by atoms with van der Waals surface area (Å²) in [5.41, 5.74) is 2.70. The molecule has 0 aliphatic heterocycles. The van der Waals surface area contributed by atoms with E-state index in [0.29, 0.717) is 25.4 Å². The lowest BCUT2D eigenvalue weighted by atomic mass is 10.0. The SMILES string of the molecule is Clc1ccc(-c2c(Cl)cccc2CBr)c(Cl)c1Cl. The number of alkyl halides is 1. The van der Waals surface area contributed by atoms with Crippen LogP contribution in [0.2, 0.25) is 20.1 Å². The fraction of sp³-hybridized carbons (Fsp3) is 0.0769. The maximum atomic E-state index is 6.25. The van der Waals surface area contributed by atoms with Crippen LogP contribution in [0.3, 0.4) is 0 Å². The van der Waals surface area contributed by atoms with Gasteiger partial charge in [-0.05, 0) is 17.7 Å². The van der Waals surface area contributed by atoms with Crippen LogP contribution in [0.5, 0.6) is 0 Å². The van der Waals surface area contributed by atoms with Gasteiger partial charge in [-0.25, -0.2) is 0 Å². The molecule has 2 aromatic carbocycles. The van der Waals surface area contributed by atoms with E-state index in [9.17, 15) is 0 Å². The Balaban J connectivity index is 2.73. The third-order valence-corrected chi connectivity index (χ3v) is 4.76. The second-order valence-electron chi connectivity index (χ2n) is 3.63. The van der Waals surface area contributed by atoms with Gasteiger partial charge < -0.3 is 0 Å². The molecule has 0 saturated carbocycles. The van der Waals surface area contributed by atoms with Crippen molar-refractivity contribution in [2.24, 2.45) is 0 Å². The van der Waals surface area contributed by atoms with Crippen LogP contribution in [-0.4, -0.2) is 0 Å². The van der Waals surface area contributed by atoms with E-state index in [4.69, 9.17) is 46.4 Å². The molecule has 0 aliphatic rings. The van der Waals surface area contributed by atoms with Gasteiger partial charge in [-0.3, -0.25) is 0 Å². The van der Waals surface area contributed by atoms with Gasteiger partial charge in [-0.2, -0.15) is 0 Å². The molecule has 0 radical (unpaired) electrons. The molecule has 2 rings (SSSR count). The molecule has 94 valence electrons. The largest absolute Gasteiger partial charge is 0.0876 e. The molecule has 0 nitrogen and oxygen atoms in total. The molecule has 0 heterocycles. The summed E-state index contributed by atoms with van der Waals surface area (Å²) in [4.78, 5) is 0. The molecule has 0 unspecified atom stereocenters. The topological polar surface area (TPSA) is 0 Å². The van der Waals surface area contributed by atoms with Gasteiger partial charge in [0.1, 0.15) is 0 Å². The highest BCUT2D eigenvalue weighted by molar-refractivity contribution is 9.08. The van der Waals surface area contributed by atoms with Gasteiger partial charge in [-0.15, -0.1) is 0 Å². The fourth-order valence-electron chi connectivity index (χ4n) is 1.70. The molecule has 0 bridgehead atoms. The van der Waals surface area contributed by atoms with Crippen LogP contribution in [0.25, 0.3) is 11.1 Å². The summed E-state index contributed by atoms with van der Waals surface area (Å²) < 4.78 is 0. The Bertz CT molecular complexity index is 596. The van der Waals surface area contributed by atoms with Gasteiger partial charge in [0, 0.05) is 21.5 Å². The summed E-state index contributed by atoms with van der Waals surface area (Å²) in [7, 11) is 0. The van der Waals surface area contributed by atoms with E-state index in [1.54, 1.807) is 6.07 Å². The summed E-state index contributed by atoms with van der Waals surface area (Å²) >= 11 is 27.9. The molecule has 0 atom stereocenters. The van der Waals surface area contributed by atoms with E-state index < -0.39 is 0 Å². The van der Waals surface area contributed by atoms with E-state index in [-0.39, 0.29) is 0 Å². The van der Waals surface area contributed by atoms with Crippen LogP contribution in [0.1, 0.15) is 5.56 Å². The Morgan fingerprint density at radius 2 is 1.56 bits per heavy atom. The minimum atomic E-state index is 0.344. The van der Waals surface area contributed by atoms with Crippen molar-refractivity contribution in [1.29, 1.82) is 0 Å². The Morgan fingerprint density at radius 1 is 0.833 bits per heavy atom. The number of hydrogen-bond acceptors (Lipinski definition) is 0. The zero-order valence-corrected chi connectivity index (χ0v) is 13.6. The van der Waals surface area contributed by atoms with E-state index >= 15 is 0 Å². The summed E-state index contributed by atoms with van der Waals surface area (Å²) in [5.74, 6) is 0. The van der Waals surface area contributed by atoms with Gasteiger partial charge in [0.15, 0.2) is 0 Å². The smallest absolute Gasteiger partial charge is 0.0784 e. The number of halogens is 5. The number of hydrogen-bond donors (Lipinski definition) is 0. The molecular formula is C13H7BrCl4. The first-order valence-corrected chi connectivity index (χ1v) is 7.66. The van der Waals surface area contributed by atoms with Crippen molar-refractivity contribution in [3.63, 3.8) is 0 Å². The van der Waals surface area contributed by atoms with Crippen LogP contribution in [-0.2, 0) is 5.33 Å². The Kier molecular flexibility index (Phi) is 4.85. The highest BCUT2D eigenvalue weighted by Gasteiger charge is 2.15. The first-order chi connectivity index (χ1) is 8.56. The molecule has 0 amide bonds. The standard InChI is InChI=1S/C13H7BrCl4/c14-6-7-2-1-3-9(15)11(7)8-4-5-10(16)13(18)12(8)17/h1-5H,6H2. The lowest BCUT2D eigenvalue weighted by Gasteiger charge is -2.13. The summed E-state index contributed by atoms with van der Waals surface area (Å²) in [6.45, 7) is 0. The summed E-state index contributed by atoms with van der Waals surface area (Å²) in [5, 5.41) is 2.50. The fourth-order valence-corrected chi connectivity index (χ4v) is 3.09. The minimum Gasteiger partial charge on any atom is -0.0876 e. The van der Waals surface area contributed by atoms with Crippen LogP contribution in [0.15, 0.2) is 30.3 Å². The van der Waals surface area contributed by atoms with Crippen LogP contribution in [0, 0.1) is 0 Å². The van der Waals surface area contributed by atoms with Crippen LogP contribution >= 0.6 is 62.3 Å². The average molecular weight is 385 g/mol. The molecule has 0 aliphatic carbocycles. The highest BCUT2D eigenvalue weighted by Crippen LogP contribution is 2.42. The number of rotatable bonds is 2. The van der Waals surface area contributed by atoms with Crippen molar-refractivity contribution >= 4 is 62.3 Å². The molecule has 2 aromatic rings. The predicted molar refractivity (Wildman–Crippen MR) is 84.5 cm³/mol. The van der Waals surface area contributed by atoms with Gasteiger partial charge in [-0.1, -0.05) is 80.5 Å². The van der Waals surface area contributed by atoms with E-state index in [2.05, 4.69) is 15.9 Å². The van der Waals surface area contributed by atoms with Crippen molar-refractivity contribution in [3.8, 4) is 11.1 Å². The first kappa shape index (κ1) is 14.5. The molecule has 5 heteroatoms. The molecule has 0 spiro atoms. The first-order valence-electron chi connectivity index (χ1n) is 5.03. The quantitative estimate of drug-likeness (QED) is 0.391. The van der Waals surface area contributed by atoms with Gasteiger partial charge in [0.2, 0.25) is 0 Å². The van der Waals surface area contributed by atoms with E-state index in [1.165, 1.54) is 0 Å². The van der Waals surface area contributed by atoms with Crippen molar-refractivity contribution < 1.29 is 0 Å². The van der Waals surface area contributed by atoms with Crippen molar-refractivity contribution in [3.05, 3.63) is 56.0 Å². The van der Waals surface area contributed by atoms with Gasteiger partial charge >= 0.3 is 0 Å². The lowest BCUT2D eigenvalue weighted by Crippen LogP contribution is -1.89. The summed E-state index contributed by atoms with van der Waals surface area (Å²) in [6, 6.07) is 9.24. The molecule has 18 heavy (non-hydrogen) atoms. The molecule has 0 fully saturated rings. The third-order valence-electron chi connectivity index (χ3n) is 2.55. The zero-order valence-electron chi connectivity index (χ0n) is 8.98. The van der Waals surface area contributed by atoms with Gasteiger partial charge in [0.25, 0.3) is 0 Å². The van der Waals surface area contributed by atoms with Crippen molar-refractivity contribution in [2.45, 2.75) is 5.33 Å². The minimum absolute atomic E-state index is 0.344. The van der Waals surface area contributed by atoms with Crippen molar-refractivity contribution in [1.82, 2.24) is 0 Å². The zero-order chi connectivity index (χ0) is 13.3. The third kappa shape index (κ3) is 2.66. The Morgan fingerprint density at radius 3 is 2.22 bits per heavy atom. The van der Waals surface area contributed by atoms with Crippen LogP contribution in [0.4, 0.5) is 0 Å². The molecule has 0 N–H and O–H groups in total. The predicted octanol–water partition coefficient (Wildman–Crippen LogP) is 6.86. The average Bonchev–Trinajstić information content (AvgIpc) is 2.37.